The molecule has 0 spiro atoms. The first-order chi connectivity index (χ1) is 9.65. The van der Waals surface area contributed by atoms with Crippen LogP contribution in [-0.4, -0.2) is 32.3 Å². The van der Waals surface area contributed by atoms with Crippen molar-refractivity contribution in [1.82, 2.24) is 0 Å². The summed E-state index contributed by atoms with van der Waals surface area (Å²) in [6.45, 7) is 5.33. The Balaban J connectivity index is 2.94. The van der Waals surface area contributed by atoms with Gasteiger partial charge in [0.05, 0.1) is 5.25 Å². The molecular weight excluding hydrogens is 290 g/mol. The van der Waals surface area contributed by atoms with E-state index < -0.39 is 32.4 Å². The van der Waals surface area contributed by atoms with Gasteiger partial charge in [-0.05, 0) is 39.3 Å². The molecule has 6 heteroatoms. The van der Waals surface area contributed by atoms with Gasteiger partial charge in [-0.3, -0.25) is 4.79 Å². The van der Waals surface area contributed by atoms with Crippen LogP contribution >= 0.6 is 0 Å². The molecule has 1 rings (SSSR count). The SMILES string of the molecule is CC(C)(C)OC(=O)CS(=O)(=O)C(CCN)c1ccccc1. The van der Waals surface area contributed by atoms with E-state index >= 15 is 0 Å². The standard InChI is InChI=1S/C15H23NO4S/c1-15(2,3)20-14(17)11-21(18,19)13(9-10-16)12-7-5-4-6-8-12/h4-8,13H,9-11,16H2,1-3H3. The van der Waals surface area contributed by atoms with Crippen LogP contribution in [0.25, 0.3) is 0 Å². The predicted octanol–water partition coefficient (Wildman–Crippen LogP) is 1.83. The molecule has 0 amide bonds. The summed E-state index contributed by atoms with van der Waals surface area (Å²) in [7, 11) is -3.66. The van der Waals surface area contributed by atoms with Crippen molar-refractivity contribution >= 4 is 15.8 Å². The smallest absolute Gasteiger partial charge is 0.321 e. The van der Waals surface area contributed by atoms with Crippen LogP contribution in [0.5, 0.6) is 0 Å². The van der Waals surface area contributed by atoms with Crippen LogP contribution in [0.4, 0.5) is 0 Å². The molecule has 1 unspecified atom stereocenters. The second-order valence-corrected chi connectivity index (χ2v) is 8.05. The van der Waals surface area contributed by atoms with Gasteiger partial charge in [0.25, 0.3) is 0 Å². The van der Waals surface area contributed by atoms with Crippen molar-refractivity contribution in [3.8, 4) is 0 Å². The van der Waals surface area contributed by atoms with Gasteiger partial charge in [0.1, 0.15) is 11.4 Å². The normalized spacial score (nSPS) is 13.7. The number of hydrogen-bond acceptors (Lipinski definition) is 5. The number of hydrogen-bond donors (Lipinski definition) is 1. The van der Waals surface area contributed by atoms with Crippen molar-refractivity contribution < 1.29 is 17.9 Å². The van der Waals surface area contributed by atoms with Crippen LogP contribution < -0.4 is 5.73 Å². The third-order valence-corrected chi connectivity index (χ3v) is 4.79. The molecular formula is C15H23NO4S. The lowest BCUT2D eigenvalue weighted by molar-refractivity contribution is -0.151. The molecule has 118 valence electrons. The van der Waals surface area contributed by atoms with Crippen molar-refractivity contribution in [2.75, 3.05) is 12.3 Å². The van der Waals surface area contributed by atoms with Gasteiger partial charge in [0, 0.05) is 0 Å². The van der Waals surface area contributed by atoms with Crippen LogP contribution in [0.15, 0.2) is 30.3 Å². The van der Waals surface area contributed by atoms with Crippen molar-refractivity contribution in [3.05, 3.63) is 35.9 Å². The number of carbonyl (C=O) groups is 1. The maximum absolute atomic E-state index is 12.5. The fourth-order valence-corrected chi connectivity index (χ4v) is 3.66. The van der Waals surface area contributed by atoms with Gasteiger partial charge < -0.3 is 10.5 Å². The Morgan fingerprint density at radius 2 is 1.81 bits per heavy atom. The van der Waals surface area contributed by atoms with E-state index in [2.05, 4.69) is 0 Å². The number of esters is 1. The van der Waals surface area contributed by atoms with E-state index in [9.17, 15) is 13.2 Å². The fraction of sp³-hybridized carbons (Fsp3) is 0.533. The fourth-order valence-electron chi connectivity index (χ4n) is 2.01. The molecule has 0 radical (unpaired) electrons. The van der Waals surface area contributed by atoms with E-state index in [-0.39, 0.29) is 13.0 Å². The van der Waals surface area contributed by atoms with E-state index in [0.717, 1.165) is 0 Å². The first-order valence-corrected chi connectivity index (χ1v) is 8.55. The summed E-state index contributed by atoms with van der Waals surface area (Å²) in [5.41, 5.74) is 5.45. The van der Waals surface area contributed by atoms with Gasteiger partial charge in [-0.2, -0.15) is 0 Å². The lowest BCUT2D eigenvalue weighted by Crippen LogP contribution is -2.31. The summed E-state index contributed by atoms with van der Waals surface area (Å²) in [5, 5.41) is -0.781. The minimum Gasteiger partial charge on any atom is -0.459 e. The number of nitrogens with two attached hydrogens (primary N) is 1. The molecule has 0 fully saturated rings. The summed E-state index contributed by atoms with van der Waals surface area (Å²) < 4.78 is 30.0. The van der Waals surface area contributed by atoms with E-state index in [0.29, 0.717) is 5.56 Å². The maximum atomic E-state index is 12.5. The molecule has 0 aromatic heterocycles. The Kier molecular flexibility index (Phi) is 5.92. The van der Waals surface area contributed by atoms with E-state index in [1.807, 2.05) is 6.07 Å². The molecule has 0 bridgehead atoms. The monoisotopic (exact) mass is 313 g/mol. The molecule has 0 aliphatic carbocycles. The highest BCUT2D eigenvalue weighted by Crippen LogP contribution is 2.26. The summed E-state index contributed by atoms with van der Waals surface area (Å²) in [5.74, 6) is -1.37. The van der Waals surface area contributed by atoms with Gasteiger partial charge in [-0.1, -0.05) is 30.3 Å². The number of carbonyl (C=O) groups excluding carboxylic acids is 1. The minimum atomic E-state index is -3.66. The zero-order valence-corrected chi connectivity index (χ0v) is 13.5. The van der Waals surface area contributed by atoms with Gasteiger partial charge in [-0.15, -0.1) is 0 Å². The van der Waals surface area contributed by atoms with Crippen LogP contribution in [-0.2, 0) is 19.4 Å². The largest absolute Gasteiger partial charge is 0.459 e. The second kappa shape index (κ2) is 7.04. The molecule has 1 aromatic rings. The lowest BCUT2D eigenvalue weighted by atomic mass is 10.1. The van der Waals surface area contributed by atoms with E-state index in [4.69, 9.17) is 10.5 Å². The Morgan fingerprint density at radius 1 is 1.24 bits per heavy atom. The quantitative estimate of drug-likeness (QED) is 0.810. The molecule has 1 atom stereocenters. The third-order valence-electron chi connectivity index (χ3n) is 2.77. The third kappa shape index (κ3) is 5.85. The highest BCUT2D eigenvalue weighted by molar-refractivity contribution is 7.92. The number of ether oxygens (including phenoxy) is 1. The summed E-state index contributed by atoms with van der Waals surface area (Å²) in [6, 6.07) is 8.80. The summed E-state index contributed by atoms with van der Waals surface area (Å²) in [6.07, 6.45) is 0.273. The van der Waals surface area contributed by atoms with Crippen LogP contribution in [0.3, 0.4) is 0 Å². The molecule has 0 saturated carbocycles. The predicted molar refractivity (Wildman–Crippen MR) is 82.5 cm³/mol. The van der Waals surface area contributed by atoms with Crippen molar-refractivity contribution in [2.45, 2.75) is 38.0 Å². The topological polar surface area (TPSA) is 86.5 Å². The van der Waals surface area contributed by atoms with Crippen LogP contribution in [0.1, 0.15) is 38.0 Å². The summed E-state index contributed by atoms with van der Waals surface area (Å²) >= 11 is 0. The van der Waals surface area contributed by atoms with E-state index in [1.165, 1.54) is 0 Å². The zero-order valence-electron chi connectivity index (χ0n) is 12.7. The Hall–Kier alpha value is -1.40. The molecule has 0 aliphatic heterocycles. The molecule has 5 nitrogen and oxygen atoms in total. The Bertz CT molecular complexity index is 561. The highest BCUT2D eigenvalue weighted by Gasteiger charge is 2.31. The molecule has 0 aliphatic rings. The second-order valence-electron chi connectivity index (χ2n) is 5.87. The molecule has 0 heterocycles. The average molecular weight is 313 g/mol. The van der Waals surface area contributed by atoms with Crippen molar-refractivity contribution in [3.63, 3.8) is 0 Å². The number of rotatable bonds is 6. The van der Waals surface area contributed by atoms with Gasteiger partial charge in [0.15, 0.2) is 9.84 Å². The van der Waals surface area contributed by atoms with E-state index in [1.54, 1.807) is 45.0 Å². The first kappa shape index (κ1) is 17.7. The van der Waals surface area contributed by atoms with Crippen molar-refractivity contribution in [1.29, 1.82) is 0 Å². The Labute approximate surface area is 126 Å². The molecule has 2 N–H and O–H groups in total. The van der Waals surface area contributed by atoms with Gasteiger partial charge >= 0.3 is 5.97 Å². The highest BCUT2D eigenvalue weighted by atomic mass is 32.2. The number of sulfone groups is 1. The first-order valence-electron chi connectivity index (χ1n) is 6.84. The number of benzene rings is 1. The molecule has 0 saturated heterocycles. The minimum absolute atomic E-state index is 0.229. The van der Waals surface area contributed by atoms with Crippen LogP contribution in [0, 0.1) is 0 Å². The van der Waals surface area contributed by atoms with Crippen LogP contribution in [0.2, 0.25) is 0 Å². The van der Waals surface area contributed by atoms with Gasteiger partial charge in [-0.25, -0.2) is 8.42 Å². The van der Waals surface area contributed by atoms with Gasteiger partial charge in [0.2, 0.25) is 0 Å². The molecule has 21 heavy (non-hydrogen) atoms. The zero-order chi connectivity index (χ0) is 16.1. The molecule has 1 aromatic carbocycles. The maximum Gasteiger partial charge on any atom is 0.321 e. The summed E-state index contributed by atoms with van der Waals surface area (Å²) in [4.78, 5) is 11.8. The van der Waals surface area contributed by atoms with Crippen molar-refractivity contribution in [2.24, 2.45) is 5.73 Å². The Morgan fingerprint density at radius 3 is 2.29 bits per heavy atom. The average Bonchev–Trinajstić information content (AvgIpc) is 2.33. The lowest BCUT2D eigenvalue weighted by Gasteiger charge is -2.21.